The van der Waals surface area contributed by atoms with Crippen molar-refractivity contribution in [1.29, 1.82) is 0 Å². The lowest BCUT2D eigenvalue weighted by Gasteiger charge is -2.28. The van der Waals surface area contributed by atoms with E-state index in [0.29, 0.717) is 30.9 Å². The molecule has 10 nitrogen and oxygen atoms in total. The molecule has 1 aliphatic heterocycles. The van der Waals surface area contributed by atoms with Crippen LogP contribution < -0.4 is 9.62 Å². The minimum absolute atomic E-state index is 0.0126. The van der Waals surface area contributed by atoms with Crippen LogP contribution in [0.4, 0.5) is 17.1 Å². The van der Waals surface area contributed by atoms with Crippen LogP contribution in [0.15, 0.2) is 76.1 Å². The van der Waals surface area contributed by atoms with Crippen molar-refractivity contribution >= 4 is 55.9 Å². The molecule has 1 amide bonds. The molecule has 1 aromatic heterocycles. The summed E-state index contributed by atoms with van der Waals surface area (Å²) in [6.07, 6.45) is 0.634. The number of carbonyl (C=O) groups is 1. The number of carbonyl (C=O) groups excluding carboxylic acids is 1. The summed E-state index contributed by atoms with van der Waals surface area (Å²) < 4.78 is 56.7. The number of halogens is 1. The molecule has 0 fully saturated rings. The molecule has 0 aliphatic carbocycles. The number of benzene rings is 3. The largest absolute Gasteiger partial charge is 0.359 e. The highest BCUT2D eigenvalue weighted by atomic mass is 35.5. The predicted octanol–water partition coefficient (Wildman–Crippen LogP) is 5.22. The number of aryl methyl sites for hydroxylation is 2. The van der Waals surface area contributed by atoms with E-state index in [4.69, 9.17) is 16.1 Å². The molecule has 2 N–H and O–H groups in total. The molecule has 1 atom stereocenters. The van der Waals surface area contributed by atoms with Crippen LogP contribution in [0.2, 0.25) is 5.02 Å². The Morgan fingerprint density at radius 1 is 1.10 bits per heavy atom. The summed E-state index contributed by atoms with van der Waals surface area (Å²) in [7, 11) is -3.75. The van der Waals surface area contributed by atoms with Crippen LogP contribution in [-0.2, 0) is 34.3 Å². The summed E-state index contributed by atoms with van der Waals surface area (Å²) in [6, 6.07) is 17.9. The van der Waals surface area contributed by atoms with Gasteiger partial charge in [-0.05, 0) is 73.9 Å². The first-order valence-corrected chi connectivity index (χ1v) is 15.1. The third kappa shape index (κ3) is 5.40. The Morgan fingerprint density at radius 3 is 2.45 bits per heavy atom. The Balaban J connectivity index is 1.39. The zero-order valence-corrected chi connectivity index (χ0v) is 23.9. The van der Waals surface area contributed by atoms with E-state index in [1.165, 1.54) is 46.8 Å². The first-order chi connectivity index (χ1) is 19.1. The fourth-order valence-corrected chi connectivity index (χ4v) is 6.99. The Kier molecular flexibility index (Phi) is 7.80. The van der Waals surface area contributed by atoms with Gasteiger partial charge in [0.2, 0.25) is 10.0 Å². The molecule has 13 heteroatoms. The van der Waals surface area contributed by atoms with Crippen LogP contribution >= 0.6 is 11.6 Å². The number of rotatable bonds is 7. The van der Waals surface area contributed by atoms with Crippen molar-refractivity contribution in [3.8, 4) is 0 Å². The van der Waals surface area contributed by atoms with Crippen LogP contribution in [-0.4, -0.2) is 39.1 Å². The Morgan fingerprint density at radius 2 is 1.80 bits per heavy atom. The monoisotopic (exact) mass is 600 g/mol. The lowest BCUT2D eigenvalue weighted by Crippen LogP contribution is -2.35. The standard InChI is InChI=1S/C27H25ClN4O6S2/c1-17-26(18(2)38-30-17)32(39(34)35)25-12-7-21(28)15-24(25)27(33)29-22-8-10-23(11-9-22)40(36,37)31-14-13-19-5-3-4-6-20(19)16-31/h3-12,15H,13-14,16H2,1-2H3,(H,29,33)(H,34,35). The topological polar surface area (TPSA) is 133 Å². The third-order valence-electron chi connectivity index (χ3n) is 6.62. The molecule has 0 saturated carbocycles. The minimum atomic E-state index is -3.75. The molecule has 0 saturated heterocycles. The normalized spacial score (nSPS) is 14.4. The summed E-state index contributed by atoms with van der Waals surface area (Å²) in [4.78, 5) is 13.5. The molecule has 3 aromatic carbocycles. The fraction of sp³-hybridized carbons (Fsp3) is 0.185. The number of anilines is 3. The number of sulfonamides is 1. The number of nitrogens with zero attached hydrogens (tertiary/aromatic N) is 3. The number of fused-ring (bicyclic) bond motifs is 1. The van der Waals surface area contributed by atoms with E-state index in [-0.39, 0.29) is 32.6 Å². The van der Waals surface area contributed by atoms with Crippen molar-refractivity contribution in [3.05, 3.63) is 99.9 Å². The van der Waals surface area contributed by atoms with Crippen LogP contribution in [0.1, 0.15) is 32.9 Å². The van der Waals surface area contributed by atoms with Gasteiger partial charge in [0.15, 0.2) is 5.76 Å². The maximum absolute atomic E-state index is 13.4. The quantitative estimate of drug-likeness (QED) is 0.278. The van der Waals surface area contributed by atoms with E-state index < -0.39 is 27.2 Å². The molecular formula is C27H25ClN4O6S2. The second-order valence-corrected chi connectivity index (χ2v) is 12.4. The first-order valence-electron chi connectivity index (χ1n) is 12.2. The van der Waals surface area contributed by atoms with Crippen LogP contribution in [0.25, 0.3) is 0 Å². The molecule has 5 rings (SSSR count). The molecule has 0 bridgehead atoms. The maximum atomic E-state index is 13.4. The van der Waals surface area contributed by atoms with Gasteiger partial charge in [-0.1, -0.05) is 41.0 Å². The lowest BCUT2D eigenvalue weighted by atomic mass is 10.0. The highest BCUT2D eigenvalue weighted by molar-refractivity contribution is 7.89. The first kappa shape index (κ1) is 28.0. The Hall–Kier alpha value is -3.55. The smallest absolute Gasteiger partial charge is 0.266 e. The molecule has 1 unspecified atom stereocenters. The van der Waals surface area contributed by atoms with Crippen molar-refractivity contribution in [3.63, 3.8) is 0 Å². The summed E-state index contributed by atoms with van der Waals surface area (Å²) >= 11 is 3.60. The van der Waals surface area contributed by atoms with Gasteiger partial charge in [0.25, 0.3) is 17.2 Å². The van der Waals surface area contributed by atoms with Crippen molar-refractivity contribution in [2.24, 2.45) is 0 Å². The molecule has 4 aromatic rings. The average molecular weight is 601 g/mol. The molecular weight excluding hydrogens is 576 g/mol. The zero-order valence-electron chi connectivity index (χ0n) is 21.5. The van der Waals surface area contributed by atoms with Crippen LogP contribution in [0.3, 0.4) is 0 Å². The number of nitrogens with one attached hydrogen (secondary N) is 1. The molecule has 1 aliphatic rings. The van der Waals surface area contributed by atoms with Gasteiger partial charge in [-0.2, -0.15) is 4.31 Å². The molecule has 0 spiro atoms. The SMILES string of the molecule is Cc1noc(C)c1N(c1ccc(Cl)cc1C(=O)Nc1ccc(S(=O)(=O)N2CCc3ccccc3C2)cc1)S(=O)O. The second kappa shape index (κ2) is 11.1. The van der Waals surface area contributed by atoms with Crippen molar-refractivity contribution in [2.45, 2.75) is 31.7 Å². The Labute approximate surface area is 239 Å². The van der Waals surface area contributed by atoms with Gasteiger partial charge in [-0.25, -0.2) is 16.9 Å². The van der Waals surface area contributed by atoms with Gasteiger partial charge >= 0.3 is 0 Å². The fourth-order valence-electron chi connectivity index (χ4n) is 4.65. The predicted molar refractivity (Wildman–Crippen MR) is 152 cm³/mol. The van der Waals surface area contributed by atoms with E-state index in [1.54, 1.807) is 13.8 Å². The number of aromatic nitrogens is 1. The second-order valence-electron chi connectivity index (χ2n) is 9.20. The van der Waals surface area contributed by atoms with Gasteiger partial charge in [-0.3, -0.25) is 9.35 Å². The molecule has 208 valence electrons. The molecule has 2 heterocycles. The summed E-state index contributed by atoms with van der Waals surface area (Å²) in [6.45, 7) is 3.87. The average Bonchev–Trinajstić information content (AvgIpc) is 3.26. The molecule has 40 heavy (non-hydrogen) atoms. The van der Waals surface area contributed by atoms with Crippen LogP contribution in [0.5, 0.6) is 0 Å². The summed E-state index contributed by atoms with van der Waals surface area (Å²) in [5, 5.41) is 6.79. The summed E-state index contributed by atoms with van der Waals surface area (Å²) in [5.41, 5.74) is 3.16. The highest BCUT2D eigenvalue weighted by Gasteiger charge is 2.29. The highest BCUT2D eigenvalue weighted by Crippen LogP contribution is 2.36. The van der Waals surface area contributed by atoms with Gasteiger partial charge in [0.1, 0.15) is 11.4 Å². The summed E-state index contributed by atoms with van der Waals surface area (Å²) in [5.74, 6) is -0.335. The van der Waals surface area contributed by atoms with E-state index >= 15 is 0 Å². The van der Waals surface area contributed by atoms with Crippen LogP contribution in [0, 0.1) is 13.8 Å². The van der Waals surface area contributed by atoms with Gasteiger partial charge in [-0.15, -0.1) is 0 Å². The third-order valence-corrected chi connectivity index (χ3v) is 9.41. The number of hydrogen-bond acceptors (Lipinski definition) is 6. The maximum Gasteiger partial charge on any atom is 0.266 e. The van der Waals surface area contributed by atoms with E-state index in [9.17, 15) is 22.0 Å². The number of amides is 1. The van der Waals surface area contributed by atoms with E-state index in [1.807, 2.05) is 24.3 Å². The zero-order chi connectivity index (χ0) is 28.6. The van der Waals surface area contributed by atoms with E-state index in [0.717, 1.165) is 15.4 Å². The van der Waals surface area contributed by atoms with E-state index in [2.05, 4.69) is 10.5 Å². The van der Waals surface area contributed by atoms with Crippen molar-refractivity contribution in [1.82, 2.24) is 9.46 Å². The van der Waals surface area contributed by atoms with Crippen molar-refractivity contribution in [2.75, 3.05) is 16.2 Å². The van der Waals surface area contributed by atoms with Crippen molar-refractivity contribution < 1.29 is 26.5 Å². The van der Waals surface area contributed by atoms with Gasteiger partial charge in [0.05, 0.1) is 16.1 Å². The number of hydrogen-bond donors (Lipinski definition) is 2. The Bertz CT molecular complexity index is 1700. The molecule has 0 radical (unpaired) electrons. The minimum Gasteiger partial charge on any atom is -0.359 e. The van der Waals surface area contributed by atoms with Gasteiger partial charge < -0.3 is 9.84 Å². The van der Waals surface area contributed by atoms with Gasteiger partial charge in [0, 0.05) is 23.8 Å². The lowest BCUT2D eigenvalue weighted by molar-refractivity contribution is 0.102.